The standard InChI is InChI=1S/C19H28N2O4/c1-14-10-15(2)12-17(11-14)25-9-8-20(3)18(22)13-21-6-4-16(5-7-21)19(23)24/h10-12,16H,4-9,13H2,1-3H3,(H,23,24). The summed E-state index contributed by atoms with van der Waals surface area (Å²) >= 11 is 0. The first-order valence-corrected chi connectivity index (χ1v) is 8.75. The maximum atomic E-state index is 12.3. The van der Waals surface area contributed by atoms with Gasteiger partial charge in [0.1, 0.15) is 12.4 Å². The molecule has 0 unspecified atom stereocenters. The number of ether oxygens (including phenoxy) is 1. The van der Waals surface area contributed by atoms with E-state index in [0.29, 0.717) is 45.6 Å². The van der Waals surface area contributed by atoms with Gasteiger partial charge in [-0.25, -0.2) is 0 Å². The van der Waals surface area contributed by atoms with Gasteiger partial charge in [-0.1, -0.05) is 6.07 Å². The average Bonchev–Trinajstić information content (AvgIpc) is 2.54. The lowest BCUT2D eigenvalue weighted by atomic mass is 9.97. The van der Waals surface area contributed by atoms with E-state index in [9.17, 15) is 9.59 Å². The van der Waals surface area contributed by atoms with Gasteiger partial charge in [-0.3, -0.25) is 14.5 Å². The summed E-state index contributed by atoms with van der Waals surface area (Å²) in [5, 5.41) is 9.01. The number of likely N-dealkylation sites (N-methyl/N-ethyl adjacent to an activating group) is 1. The van der Waals surface area contributed by atoms with E-state index in [-0.39, 0.29) is 11.8 Å². The van der Waals surface area contributed by atoms with E-state index in [1.54, 1.807) is 11.9 Å². The fourth-order valence-electron chi connectivity index (χ4n) is 3.09. The second kappa shape index (κ2) is 8.85. The van der Waals surface area contributed by atoms with Crippen molar-refractivity contribution in [1.29, 1.82) is 0 Å². The predicted molar refractivity (Wildman–Crippen MR) is 95.8 cm³/mol. The van der Waals surface area contributed by atoms with Gasteiger partial charge in [-0.05, 0) is 63.0 Å². The van der Waals surface area contributed by atoms with E-state index in [1.165, 1.54) is 0 Å². The van der Waals surface area contributed by atoms with Crippen molar-refractivity contribution in [2.75, 3.05) is 39.8 Å². The number of likely N-dealkylation sites (tertiary alicyclic amines) is 1. The topological polar surface area (TPSA) is 70.1 Å². The Labute approximate surface area is 149 Å². The van der Waals surface area contributed by atoms with Gasteiger partial charge in [0, 0.05) is 7.05 Å². The number of hydrogen-bond acceptors (Lipinski definition) is 4. The number of piperidine rings is 1. The molecule has 1 aliphatic heterocycles. The van der Waals surface area contributed by atoms with Crippen LogP contribution in [0.1, 0.15) is 24.0 Å². The van der Waals surface area contributed by atoms with Gasteiger partial charge < -0.3 is 14.7 Å². The van der Waals surface area contributed by atoms with Gasteiger partial charge >= 0.3 is 5.97 Å². The van der Waals surface area contributed by atoms with Gasteiger partial charge in [0.15, 0.2) is 0 Å². The minimum absolute atomic E-state index is 0.0396. The summed E-state index contributed by atoms with van der Waals surface area (Å²) in [5.41, 5.74) is 2.31. The molecule has 0 bridgehead atoms. The van der Waals surface area contributed by atoms with Crippen molar-refractivity contribution in [3.63, 3.8) is 0 Å². The zero-order chi connectivity index (χ0) is 18.4. The molecule has 1 aromatic carbocycles. The molecule has 1 fully saturated rings. The highest BCUT2D eigenvalue weighted by atomic mass is 16.5. The Bertz CT molecular complexity index is 589. The number of aryl methyl sites for hydroxylation is 2. The molecule has 0 saturated carbocycles. The van der Waals surface area contributed by atoms with E-state index in [4.69, 9.17) is 9.84 Å². The summed E-state index contributed by atoms with van der Waals surface area (Å²) in [4.78, 5) is 27.0. The molecule has 6 heteroatoms. The zero-order valence-corrected chi connectivity index (χ0v) is 15.3. The third-order valence-corrected chi connectivity index (χ3v) is 4.61. The van der Waals surface area contributed by atoms with Gasteiger partial charge in [-0.15, -0.1) is 0 Å². The molecule has 1 saturated heterocycles. The van der Waals surface area contributed by atoms with Crippen molar-refractivity contribution >= 4 is 11.9 Å². The Morgan fingerprint density at radius 3 is 2.36 bits per heavy atom. The molecule has 0 aliphatic carbocycles. The fraction of sp³-hybridized carbons (Fsp3) is 0.579. The second-order valence-electron chi connectivity index (χ2n) is 6.88. The quantitative estimate of drug-likeness (QED) is 0.815. The Morgan fingerprint density at radius 2 is 1.80 bits per heavy atom. The molecule has 0 radical (unpaired) electrons. The zero-order valence-electron chi connectivity index (χ0n) is 15.3. The van der Waals surface area contributed by atoms with Gasteiger partial charge in [0.2, 0.25) is 5.91 Å². The van der Waals surface area contributed by atoms with Crippen LogP contribution in [0.5, 0.6) is 5.75 Å². The van der Waals surface area contributed by atoms with Crippen LogP contribution in [-0.2, 0) is 9.59 Å². The Hall–Kier alpha value is -2.08. The van der Waals surface area contributed by atoms with E-state index in [1.807, 2.05) is 30.9 Å². The van der Waals surface area contributed by atoms with Crippen LogP contribution >= 0.6 is 0 Å². The van der Waals surface area contributed by atoms with Crippen LogP contribution in [0.4, 0.5) is 0 Å². The highest BCUT2D eigenvalue weighted by Crippen LogP contribution is 2.17. The fourth-order valence-corrected chi connectivity index (χ4v) is 3.09. The molecular formula is C19H28N2O4. The Morgan fingerprint density at radius 1 is 1.20 bits per heavy atom. The third-order valence-electron chi connectivity index (χ3n) is 4.61. The molecule has 1 heterocycles. The van der Waals surface area contributed by atoms with Gasteiger partial charge in [0.05, 0.1) is 19.0 Å². The van der Waals surface area contributed by atoms with E-state index < -0.39 is 5.97 Å². The van der Waals surface area contributed by atoms with Crippen molar-refractivity contribution in [2.45, 2.75) is 26.7 Å². The van der Waals surface area contributed by atoms with Crippen LogP contribution in [0.3, 0.4) is 0 Å². The first-order chi connectivity index (χ1) is 11.8. The maximum Gasteiger partial charge on any atom is 0.306 e. The van der Waals surface area contributed by atoms with E-state index in [0.717, 1.165) is 16.9 Å². The summed E-state index contributed by atoms with van der Waals surface area (Å²) in [5.74, 6) is -0.131. The van der Waals surface area contributed by atoms with Gasteiger partial charge in [-0.2, -0.15) is 0 Å². The normalized spacial score (nSPS) is 15.8. The molecule has 1 aromatic rings. The van der Waals surface area contributed by atoms with Crippen LogP contribution in [0.2, 0.25) is 0 Å². The Kier molecular flexibility index (Phi) is 6.82. The molecule has 138 valence electrons. The third kappa shape index (κ3) is 6.05. The molecule has 0 aromatic heterocycles. The number of carbonyl (C=O) groups excluding carboxylic acids is 1. The number of nitrogens with zero attached hydrogens (tertiary/aromatic N) is 2. The van der Waals surface area contributed by atoms with E-state index >= 15 is 0 Å². The monoisotopic (exact) mass is 348 g/mol. The van der Waals surface area contributed by atoms with Crippen LogP contribution in [0.25, 0.3) is 0 Å². The first kappa shape index (κ1) is 19.2. The molecule has 0 atom stereocenters. The smallest absolute Gasteiger partial charge is 0.306 e. The molecule has 1 amide bonds. The maximum absolute atomic E-state index is 12.3. The molecule has 1 N–H and O–H groups in total. The Balaban J connectivity index is 1.71. The van der Waals surface area contributed by atoms with Crippen LogP contribution in [0.15, 0.2) is 18.2 Å². The highest BCUT2D eigenvalue weighted by molar-refractivity contribution is 5.78. The van der Waals surface area contributed by atoms with Crippen LogP contribution < -0.4 is 4.74 Å². The number of carbonyl (C=O) groups is 2. The second-order valence-corrected chi connectivity index (χ2v) is 6.88. The SMILES string of the molecule is Cc1cc(C)cc(OCCN(C)C(=O)CN2CCC(C(=O)O)CC2)c1. The molecular weight excluding hydrogens is 320 g/mol. The number of amides is 1. The lowest BCUT2D eigenvalue weighted by Crippen LogP contribution is -2.44. The molecule has 2 rings (SSSR count). The molecule has 1 aliphatic rings. The lowest BCUT2D eigenvalue weighted by molar-refractivity contribution is -0.143. The van der Waals surface area contributed by atoms with Crippen LogP contribution in [-0.4, -0.2) is 66.6 Å². The van der Waals surface area contributed by atoms with E-state index in [2.05, 4.69) is 6.07 Å². The molecule has 0 spiro atoms. The van der Waals surface area contributed by atoms with Crippen molar-refractivity contribution in [3.05, 3.63) is 29.3 Å². The largest absolute Gasteiger partial charge is 0.492 e. The summed E-state index contributed by atoms with van der Waals surface area (Å²) < 4.78 is 5.75. The van der Waals surface area contributed by atoms with Gasteiger partial charge in [0.25, 0.3) is 0 Å². The lowest BCUT2D eigenvalue weighted by Gasteiger charge is -2.30. The average molecular weight is 348 g/mol. The summed E-state index contributed by atoms with van der Waals surface area (Å²) in [6.45, 7) is 6.70. The number of rotatable bonds is 7. The number of hydrogen-bond donors (Lipinski definition) is 1. The molecule has 6 nitrogen and oxygen atoms in total. The van der Waals surface area contributed by atoms with Crippen LogP contribution in [0, 0.1) is 19.8 Å². The minimum atomic E-state index is -0.730. The highest BCUT2D eigenvalue weighted by Gasteiger charge is 2.25. The summed E-state index contributed by atoms with van der Waals surface area (Å²) in [7, 11) is 1.77. The summed E-state index contributed by atoms with van der Waals surface area (Å²) in [6.07, 6.45) is 1.23. The van der Waals surface area contributed by atoms with Crippen molar-refractivity contribution in [3.8, 4) is 5.75 Å². The van der Waals surface area contributed by atoms with Crippen molar-refractivity contribution < 1.29 is 19.4 Å². The minimum Gasteiger partial charge on any atom is -0.492 e. The number of aliphatic carboxylic acids is 1. The predicted octanol–water partition coefficient (Wildman–Crippen LogP) is 1.94. The van der Waals surface area contributed by atoms with Crippen molar-refractivity contribution in [2.24, 2.45) is 5.92 Å². The summed E-state index contributed by atoms with van der Waals surface area (Å²) in [6, 6.07) is 6.07. The number of benzene rings is 1. The number of carboxylic acid groups (broad SMARTS) is 1. The molecule has 25 heavy (non-hydrogen) atoms. The number of carboxylic acids is 1. The first-order valence-electron chi connectivity index (χ1n) is 8.75. The van der Waals surface area contributed by atoms with Crippen molar-refractivity contribution in [1.82, 2.24) is 9.80 Å².